The van der Waals surface area contributed by atoms with Crippen molar-refractivity contribution in [3.63, 3.8) is 0 Å². The molecule has 6 nitrogen and oxygen atoms in total. The summed E-state index contributed by atoms with van der Waals surface area (Å²) in [5, 5.41) is 0. The number of thiocarbonyl (C=S) groups is 1. The summed E-state index contributed by atoms with van der Waals surface area (Å²) in [5.41, 5.74) is 10.8. The van der Waals surface area contributed by atoms with Crippen LogP contribution in [0.3, 0.4) is 0 Å². The van der Waals surface area contributed by atoms with Crippen molar-refractivity contribution in [3.05, 3.63) is 0 Å². The predicted octanol–water partition coefficient (Wildman–Crippen LogP) is -0.293. The van der Waals surface area contributed by atoms with Gasteiger partial charge in [-0.25, -0.2) is 0 Å². The van der Waals surface area contributed by atoms with Crippen LogP contribution in [0.5, 0.6) is 0 Å². The van der Waals surface area contributed by atoms with Crippen molar-refractivity contribution in [2.75, 3.05) is 26.7 Å². The summed E-state index contributed by atoms with van der Waals surface area (Å²) >= 11 is 4.80. The van der Waals surface area contributed by atoms with E-state index in [9.17, 15) is 9.59 Å². The number of nitrogens with zero attached hydrogens (tertiary/aromatic N) is 2. The monoisotopic (exact) mass is 300 g/mol. The second kappa shape index (κ2) is 7.54. The van der Waals surface area contributed by atoms with Crippen molar-refractivity contribution in [2.45, 2.75) is 32.2 Å². The number of carbonyl (C=O) groups excluding carboxylic acids is 2. The molecule has 0 saturated carbocycles. The van der Waals surface area contributed by atoms with E-state index in [1.807, 2.05) is 4.90 Å². The summed E-state index contributed by atoms with van der Waals surface area (Å²) in [4.78, 5) is 27.5. The third-order valence-corrected chi connectivity index (χ3v) is 4.08. The van der Waals surface area contributed by atoms with Crippen LogP contribution in [0.2, 0.25) is 0 Å². The van der Waals surface area contributed by atoms with Crippen molar-refractivity contribution < 1.29 is 9.59 Å². The van der Waals surface area contributed by atoms with Crippen molar-refractivity contribution >= 4 is 29.0 Å². The smallest absolute Gasteiger partial charge is 0.236 e. The summed E-state index contributed by atoms with van der Waals surface area (Å²) < 4.78 is 0. The Morgan fingerprint density at radius 1 is 1.35 bits per heavy atom. The van der Waals surface area contributed by atoms with Crippen LogP contribution in [-0.2, 0) is 9.59 Å². The topological polar surface area (TPSA) is 92.7 Å². The fourth-order valence-electron chi connectivity index (χ4n) is 2.33. The Bertz CT molecular complexity index is 389. The van der Waals surface area contributed by atoms with E-state index < -0.39 is 0 Å². The van der Waals surface area contributed by atoms with Gasteiger partial charge in [0, 0.05) is 32.6 Å². The molecule has 0 aromatic heterocycles. The molecule has 0 aromatic carbocycles. The molecule has 20 heavy (non-hydrogen) atoms. The second-order valence-electron chi connectivity index (χ2n) is 5.49. The number of hydrogen-bond acceptors (Lipinski definition) is 4. The Hall–Kier alpha value is -1.21. The van der Waals surface area contributed by atoms with Crippen molar-refractivity contribution in [1.82, 2.24) is 9.80 Å². The van der Waals surface area contributed by atoms with Gasteiger partial charge in [0.15, 0.2) is 0 Å². The van der Waals surface area contributed by atoms with E-state index in [1.54, 1.807) is 11.9 Å². The van der Waals surface area contributed by atoms with Gasteiger partial charge in [0.05, 0.1) is 17.5 Å². The molecule has 1 rings (SSSR count). The third-order valence-electron chi connectivity index (χ3n) is 3.87. The van der Waals surface area contributed by atoms with E-state index in [1.165, 1.54) is 0 Å². The molecule has 0 radical (unpaired) electrons. The van der Waals surface area contributed by atoms with Gasteiger partial charge in [-0.3, -0.25) is 14.5 Å². The van der Waals surface area contributed by atoms with E-state index in [-0.39, 0.29) is 17.7 Å². The van der Waals surface area contributed by atoms with Crippen LogP contribution < -0.4 is 11.5 Å². The summed E-state index contributed by atoms with van der Waals surface area (Å²) in [5.74, 6) is -0.421. The number of likely N-dealkylation sites (tertiary alicyclic amines) is 1. The highest BCUT2D eigenvalue weighted by Crippen LogP contribution is 2.21. The largest absolute Gasteiger partial charge is 0.393 e. The molecule has 0 bridgehead atoms. The Morgan fingerprint density at radius 3 is 2.55 bits per heavy atom. The van der Waals surface area contributed by atoms with E-state index in [0.717, 1.165) is 12.8 Å². The van der Waals surface area contributed by atoms with Gasteiger partial charge in [0.2, 0.25) is 11.8 Å². The molecule has 1 saturated heterocycles. The number of rotatable bonds is 6. The first-order valence-corrected chi connectivity index (χ1v) is 7.27. The number of piperidine rings is 1. The first-order chi connectivity index (χ1) is 9.31. The molecule has 1 aliphatic rings. The van der Waals surface area contributed by atoms with E-state index >= 15 is 0 Å². The zero-order valence-electron chi connectivity index (χ0n) is 12.2. The lowest BCUT2D eigenvalue weighted by atomic mass is 9.93. The molecule has 0 aliphatic carbocycles. The molecule has 2 atom stereocenters. The maximum Gasteiger partial charge on any atom is 0.236 e. The van der Waals surface area contributed by atoms with E-state index in [0.29, 0.717) is 37.1 Å². The number of likely N-dealkylation sites (N-methyl/N-ethyl adjacent to an activating group) is 1. The van der Waals surface area contributed by atoms with E-state index in [2.05, 4.69) is 6.92 Å². The highest BCUT2D eigenvalue weighted by molar-refractivity contribution is 7.80. The maximum absolute atomic E-state index is 12.1. The van der Waals surface area contributed by atoms with Crippen molar-refractivity contribution in [1.29, 1.82) is 0 Å². The normalized spacial score (nSPS) is 23.3. The molecule has 2 amide bonds. The molecule has 1 heterocycles. The first-order valence-electron chi connectivity index (χ1n) is 6.87. The Kier molecular flexibility index (Phi) is 6.35. The number of primary amides is 1. The predicted molar refractivity (Wildman–Crippen MR) is 82.0 cm³/mol. The minimum Gasteiger partial charge on any atom is -0.393 e. The summed E-state index contributed by atoms with van der Waals surface area (Å²) in [6.07, 6.45) is 2.22. The van der Waals surface area contributed by atoms with Gasteiger partial charge in [-0.1, -0.05) is 12.2 Å². The molecule has 0 spiro atoms. The van der Waals surface area contributed by atoms with Gasteiger partial charge >= 0.3 is 0 Å². The minimum absolute atomic E-state index is 0.0122. The van der Waals surface area contributed by atoms with Gasteiger partial charge in [-0.05, 0) is 19.8 Å². The Morgan fingerprint density at radius 2 is 2.00 bits per heavy atom. The number of amides is 2. The first kappa shape index (κ1) is 16.8. The van der Waals surface area contributed by atoms with Crippen LogP contribution in [0.1, 0.15) is 26.2 Å². The number of nitrogens with two attached hydrogens (primary N) is 2. The Balaban J connectivity index is 2.50. The molecule has 1 aliphatic heterocycles. The van der Waals surface area contributed by atoms with Crippen LogP contribution in [0.4, 0.5) is 0 Å². The van der Waals surface area contributed by atoms with Gasteiger partial charge in [-0.2, -0.15) is 0 Å². The zero-order valence-corrected chi connectivity index (χ0v) is 13.0. The molecule has 2 unspecified atom stereocenters. The van der Waals surface area contributed by atoms with Crippen LogP contribution in [0.15, 0.2) is 0 Å². The van der Waals surface area contributed by atoms with Crippen LogP contribution in [0.25, 0.3) is 0 Å². The molecule has 1 fully saturated rings. The third kappa shape index (κ3) is 5.05. The van der Waals surface area contributed by atoms with E-state index in [4.69, 9.17) is 23.7 Å². The lowest BCUT2D eigenvalue weighted by Crippen LogP contribution is -2.49. The minimum atomic E-state index is -0.281. The van der Waals surface area contributed by atoms with Gasteiger partial charge in [0.25, 0.3) is 0 Å². The standard InChI is InChI=1S/C13H24N4O2S/c1-9-3-4-10(13(15)19)7-17(9)8-12(18)16(2)6-5-11(14)20/h9-10H,3-8H2,1-2H3,(H2,14,20)(H2,15,19). The SMILES string of the molecule is CC1CCC(C(N)=O)CN1CC(=O)N(C)CCC(N)=S. The molecule has 0 aromatic rings. The maximum atomic E-state index is 12.1. The number of hydrogen-bond donors (Lipinski definition) is 2. The summed E-state index contributed by atoms with van der Waals surface area (Å²) in [6.45, 7) is 3.46. The average Bonchev–Trinajstić information content (AvgIpc) is 2.37. The molecule has 114 valence electrons. The molecule has 7 heteroatoms. The average molecular weight is 300 g/mol. The molecular weight excluding hydrogens is 276 g/mol. The number of carbonyl (C=O) groups is 2. The van der Waals surface area contributed by atoms with Gasteiger partial charge in [-0.15, -0.1) is 0 Å². The van der Waals surface area contributed by atoms with Crippen LogP contribution in [0, 0.1) is 5.92 Å². The fraction of sp³-hybridized carbons (Fsp3) is 0.769. The highest BCUT2D eigenvalue weighted by atomic mass is 32.1. The lowest BCUT2D eigenvalue weighted by Gasteiger charge is -2.37. The van der Waals surface area contributed by atoms with Gasteiger partial charge in [0.1, 0.15) is 0 Å². The quantitative estimate of drug-likeness (QED) is 0.657. The lowest BCUT2D eigenvalue weighted by molar-refractivity contribution is -0.134. The second-order valence-corrected chi connectivity index (χ2v) is 6.01. The van der Waals surface area contributed by atoms with Crippen molar-refractivity contribution in [2.24, 2.45) is 17.4 Å². The fourth-order valence-corrected chi connectivity index (χ4v) is 2.42. The molecule has 4 N–H and O–H groups in total. The summed E-state index contributed by atoms with van der Waals surface area (Å²) in [6, 6.07) is 0.290. The van der Waals surface area contributed by atoms with Gasteiger partial charge < -0.3 is 16.4 Å². The highest BCUT2D eigenvalue weighted by Gasteiger charge is 2.30. The zero-order chi connectivity index (χ0) is 15.3. The summed E-state index contributed by atoms with van der Waals surface area (Å²) in [7, 11) is 1.74. The van der Waals surface area contributed by atoms with Crippen LogP contribution in [-0.4, -0.2) is 59.3 Å². The Labute approximate surface area is 125 Å². The van der Waals surface area contributed by atoms with Crippen molar-refractivity contribution in [3.8, 4) is 0 Å². The molecular formula is C13H24N4O2S. The van der Waals surface area contributed by atoms with Crippen LogP contribution >= 0.6 is 12.2 Å².